The molecular weight excluding hydrogens is 1170 g/mol. The van der Waals surface area contributed by atoms with E-state index in [4.69, 9.17) is 18.9 Å². The van der Waals surface area contributed by atoms with Gasteiger partial charge in [-0.15, -0.1) is 22.7 Å². The van der Waals surface area contributed by atoms with E-state index in [0.29, 0.717) is 45.5 Å². The van der Waals surface area contributed by atoms with Crippen LogP contribution in [0.1, 0.15) is 66.4 Å². The zero-order chi connectivity index (χ0) is 59.9. The fourth-order valence-corrected chi connectivity index (χ4v) is 14.6. The number of hydrogen-bond acceptors (Lipinski definition) is 14. The number of ether oxygens (including phenoxy) is 4. The Kier molecular flexibility index (Phi) is 13.8. The Hall–Kier alpha value is -9.74. The third-order valence-corrected chi connectivity index (χ3v) is 18.5. The van der Waals surface area contributed by atoms with Crippen LogP contribution < -0.4 is 30.3 Å². The average molecular weight is 1220 g/mol. The van der Waals surface area contributed by atoms with Crippen molar-refractivity contribution in [3.05, 3.63) is 257 Å². The van der Waals surface area contributed by atoms with Gasteiger partial charge in [0.1, 0.15) is 25.5 Å². The maximum atomic E-state index is 15.9. The second kappa shape index (κ2) is 22.2. The molecule has 2 unspecified atom stereocenters. The fourth-order valence-electron chi connectivity index (χ4n) is 12.9. The Morgan fingerprint density at radius 1 is 0.489 bits per heavy atom. The Morgan fingerprint density at radius 3 is 1.33 bits per heavy atom. The molecule has 440 valence electrons. The Balaban J connectivity index is 0.000000148. The molecule has 0 saturated carbocycles. The number of carbonyl (C=O) groups excluding carboxylic acids is 2. The maximum Gasteiger partial charge on any atom is 0.278 e. The lowest BCUT2D eigenvalue weighted by atomic mass is 9.92. The minimum Gasteiger partial charge on any atom is -0.482 e. The summed E-state index contributed by atoms with van der Waals surface area (Å²) in [6.45, 7) is 1.66. The van der Waals surface area contributed by atoms with E-state index in [9.17, 15) is 28.0 Å². The van der Waals surface area contributed by atoms with E-state index in [1.54, 1.807) is 42.3 Å². The number of pyridine rings is 2. The fraction of sp³-hybridized carbons (Fsp3) is 0.182. The molecule has 6 aliphatic rings. The molecule has 22 heteroatoms. The quantitative estimate of drug-likeness (QED) is 0.133. The summed E-state index contributed by atoms with van der Waals surface area (Å²) in [7, 11) is 0. The van der Waals surface area contributed by atoms with Gasteiger partial charge in [0.15, 0.2) is 46.2 Å². The van der Waals surface area contributed by atoms with Crippen molar-refractivity contribution in [1.82, 2.24) is 29.1 Å². The van der Waals surface area contributed by atoms with Crippen LogP contribution in [0, 0.1) is 23.3 Å². The molecule has 0 bridgehead atoms. The van der Waals surface area contributed by atoms with Crippen LogP contribution in [0.4, 0.5) is 17.6 Å². The standard InChI is InChI=1S/2C33H24F2N4O4S/c2*34-23-11-10-22-26(27(23)35)28-32(44-18-36-28)21-9-5-4-8-20(21)29(22)39-25-17-42-15-14-37(25)33(41)30-31(24(40)12-13-38(30)39)43-16-19-6-2-1-3-7-19/h2*1-13,18,25,29H,14-17H2/t25-,29-;/m1./s1. The normalized spacial score (nSPS) is 18.5. The molecule has 0 spiro atoms. The van der Waals surface area contributed by atoms with E-state index in [0.717, 1.165) is 45.5 Å². The summed E-state index contributed by atoms with van der Waals surface area (Å²) >= 11 is 2.70. The lowest BCUT2D eigenvalue weighted by Gasteiger charge is -2.51. The van der Waals surface area contributed by atoms with Crippen LogP contribution in [0.15, 0.2) is 179 Å². The number of benzene rings is 6. The zero-order valence-corrected chi connectivity index (χ0v) is 47.9. The first kappa shape index (κ1) is 54.9. The highest BCUT2D eigenvalue weighted by Gasteiger charge is 2.49. The average Bonchev–Trinajstić information content (AvgIpc) is 1.27. The number of rotatable bonds is 8. The van der Waals surface area contributed by atoms with Gasteiger partial charge in [0.25, 0.3) is 11.8 Å². The van der Waals surface area contributed by atoms with E-state index in [2.05, 4.69) is 9.97 Å². The smallest absolute Gasteiger partial charge is 0.278 e. The number of hydrogen-bond donors (Lipinski definition) is 0. The van der Waals surface area contributed by atoms with Gasteiger partial charge in [0.2, 0.25) is 10.9 Å². The molecule has 88 heavy (non-hydrogen) atoms. The number of morpholine rings is 2. The zero-order valence-electron chi connectivity index (χ0n) is 46.3. The Bertz CT molecular complexity index is 4280. The minimum absolute atomic E-state index is 0.0605. The summed E-state index contributed by atoms with van der Waals surface area (Å²) in [4.78, 5) is 68.6. The second-order valence-electron chi connectivity index (χ2n) is 21.5. The van der Waals surface area contributed by atoms with Crippen LogP contribution in [0.25, 0.3) is 43.4 Å². The molecule has 16 nitrogen and oxygen atoms in total. The van der Waals surface area contributed by atoms with Gasteiger partial charge in [-0.25, -0.2) is 27.5 Å². The van der Waals surface area contributed by atoms with Crippen LogP contribution in [0.3, 0.4) is 0 Å². The number of thiazole rings is 2. The summed E-state index contributed by atoms with van der Waals surface area (Å²) in [5.74, 6) is -4.86. The van der Waals surface area contributed by atoms with Gasteiger partial charge in [0.05, 0.1) is 70.7 Å². The highest BCUT2D eigenvalue weighted by atomic mass is 32.1. The largest absolute Gasteiger partial charge is 0.482 e. The number of amides is 2. The lowest BCUT2D eigenvalue weighted by molar-refractivity contribution is -0.0198. The molecule has 2 amide bonds. The van der Waals surface area contributed by atoms with Gasteiger partial charge in [-0.1, -0.05) is 121 Å². The van der Waals surface area contributed by atoms with Crippen molar-refractivity contribution in [2.45, 2.75) is 37.6 Å². The number of carbonyl (C=O) groups is 2. The molecule has 6 aromatic carbocycles. The number of nitrogens with zero attached hydrogens (tertiary/aromatic N) is 8. The van der Waals surface area contributed by atoms with Crippen molar-refractivity contribution < 1.29 is 46.1 Å². The second-order valence-corrected chi connectivity index (χ2v) is 23.2. The van der Waals surface area contributed by atoms with Crippen molar-refractivity contribution in [3.8, 4) is 54.9 Å². The molecule has 4 aliphatic heterocycles. The van der Waals surface area contributed by atoms with Gasteiger partial charge in [-0.2, -0.15) is 0 Å². The molecule has 10 aromatic rings. The Morgan fingerprint density at radius 2 is 0.898 bits per heavy atom. The van der Waals surface area contributed by atoms with Crippen molar-refractivity contribution in [2.24, 2.45) is 0 Å². The van der Waals surface area contributed by atoms with Gasteiger partial charge in [-0.3, -0.25) is 38.5 Å². The predicted molar refractivity (Wildman–Crippen MR) is 320 cm³/mol. The summed E-state index contributed by atoms with van der Waals surface area (Å²) in [5, 5.41) is 3.83. The van der Waals surface area contributed by atoms with E-state index in [1.807, 2.05) is 119 Å². The first-order valence-corrected chi connectivity index (χ1v) is 30.0. The van der Waals surface area contributed by atoms with Crippen LogP contribution >= 0.6 is 22.7 Å². The lowest BCUT2D eigenvalue weighted by Crippen LogP contribution is -2.66. The van der Waals surface area contributed by atoms with Crippen molar-refractivity contribution in [2.75, 3.05) is 49.5 Å². The predicted octanol–water partition coefficient (Wildman–Crippen LogP) is 10.7. The Labute approximate surface area is 506 Å². The molecule has 2 saturated heterocycles. The highest BCUT2D eigenvalue weighted by Crippen LogP contribution is 2.52. The molecule has 4 atom stereocenters. The van der Waals surface area contributed by atoms with E-state index >= 15 is 8.78 Å². The molecule has 2 fully saturated rings. The van der Waals surface area contributed by atoms with Crippen molar-refractivity contribution >= 4 is 34.5 Å². The van der Waals surface area contributed by atoms with Crippen molar-refractivity contribution in [1.29, 1.82) is 0 Å². The molecule has 0 N–H and O–H groups in total. The monoisotopic (exact) mass is 1220 g/mol. The summed E-state index contributed by atoms with van der Waals surface area (Å²) in [5.41, 5.74) is 9.18. The third-order valence-electron chi connectivity index (χ3n) is 16.7. The summed E-state index contributed by atoms with van der Waals surface area (Å²) in [6, 6.07) is 40.7. The molecule has 16 rings (SSSR count). The van der Waals surface area contributed by atoms with Gasteiger partial charge < -0.3 is 28.7 Å². The van der Waals surface area contributed by atoms with Crippen LogP contribution in [-0.2, 0) is 22.7 Å². The molecule has 2 aliphatic carbocycles. The minimum atomic E-state index is -0.996. The summed E-state index contributed by atoms with van der Waals surface area (Å²) < 4.78 is 88.7. The van der Waals surface area contributed by atoms with Gasteiger partial charge in [0, 0.05) is 48.7 Å². The third kappa shape index (κ3) is 8.90. The molecule has 8 heterocycles. The van der Waals surface area contributed by atoms with Gasteiger partial charge in [-0.05, 0) is 56.6 Å². The maximum absolute atomic E-state index is 15.9. The van der Waals surface area contributed by atoms with Gasteiger partial charge >= 0.3 is 0 Å². The van der Waals surface area contributed by atoms with Crippen LogP contribution in [0.2, 0.25) is 0 Å². The van der Waals surface area contributed by atoms with Crippen LogP contribution in [-0.4, -0.2) is 92.8 Å². The van der Waals surface area contributed by atoms with E-state index in [-0.39, 0.29) is 85.3 Å². The topological polar surface area (TPSA) is 154 Å². The van der Waals surface area contributed by atoms with Crippen molar-refractivity contribution in [3.63, 3.8) is 0 Å². The SMILES string of the molecule is O=C1c2c(OCc3ccccc3)c(=O)ccn2N(C2c3ccccc3-c3scnc3-c3c2ccc(F)c3F)C2COCCN12.O=C1c2c(OCc3ccccc3)c(=O)ccn2N([C@@H]2c3ccccc3-c3scnc3-c3c2ccc(F)c3F)[C@@H]2COCCN12. The number of fused-ring (bicyclic) bond motifs is 14. The summed E-state index contributed by atoms with van der Waals surface area (Å²) in [6.07, 6.45) is 1.82. The first-order chi connectivity index (χ1) is 43.0. The van der Waals surface area contributed by atoms with Crippen LogP contribution in [0.5, 0.6) is 11.5 Å². The number of halogens is 4. The molecule has 4 aromatic heterocycles. The molecule has 0 radical (unpaired) electrons. The first-order valence-electron chi connectivity index (χ1n) is 28.3. The van der Waals surface area contributed by atoms with E-state index < -0.39 is 58.5 Å². The molecular formula is C66H48F4N8O8S2. The highest BCUT2D eigenvalue weighted by molar-refractivity contribution is 7.14. The van der Waals surface area contributed by atoms with E-state index in [1.165, 1.54) is 47.2 Å². The number of aromatic nitrogens is 4.